The molecule has 0 saturated carbocycles. The molecule has 0 atom stereocenters. The molecule has 1 rings (SSSR count). The zero-order valence-electron chi connectivity index (χ0n) is 10.0. The molecule has 0 aliphatic heterocycles. The number of amides is 1. The minimum Gasteiger partial charge on any atom is -0.451 e. The summed E-state index contributed by atoms with van der Waals surface area (Å²) in [6.07, 6.45) is 1.34. The molecular formula is C11H15N3O4. The Morgan fingerprint density at radius 2 is 2.22 bits per heavy atom. The Morgan fingerprint density at radius 3 is 2.83 bits per heavy atom. The topological polar surface area (TPSA) is 104 Å². The van der Waals surface area contributed by atoms with E-state index in [-0.39, 0.29) is 12.3 Å². The van der Waals surface area contributed by atoms with Crippen molar-refractivity contribution >= 4 is 17.6 Å². The van der Waals surface area contributed by atoms with E-state index in [9.17, 15) is 9.59 Å². The Morgan fingerprint density at radius 1 is 1.44 bits per heavy atom. The lowest BCUT2D eigenvalue weighted by Crippen LogP contribution is -2.31. The summed E-state index contributed by atoms with van der Waals surface area (Å²) in [4.78, 5) is 26.5. The number of hydrogen-bond acceptors (Lipinski definition) is 6. The van der Waals surface area contributed by atoms with Gasteiger partial charge in [0.15, 0.2) is 6.61 Å². The van der Waals surface area contributed by atoms with Crippen LogP contribution in [0.4, 0.5) is 5.69 Å². The molecule has 0 aromatic carbocycles. The Kier molecular flexibility index (Phi) is 5.59. The molecule has 0 bridgehead atoms. The van der Waals surface area contributed by atoms with E-state index >= 15 is 0 Å². The van der Waals surface area contributed by atoms with Crippen molar-refractivity contribution in [3.8, 4) is 0 Å². The lowest BCUT2D eigenvalue weighted by molar-refractivity contribution is -0.124. The summed E-state index contributed by atoms with van der Waals surface area (Å²) in [7, 11) is 1.53. The third-order valence-electron chi connectivity index (χ3n) is 1.96. The zero-order valence-corrected chi connectivity index (χ0v) is 10.0. The van der Waals surface area contributed by atoms with Crippen LogP contribution in [-0.4, -0.2) is 43.7 Å². The van der Waals surface area contributed by atoms with E-state index in [1.54, 1.807) is 0 Å². The highest BCUT2D eigenvalue weighted by atomic mass is 16.5. The van der Waals surface area contributed by atoms with Crippen molar-refractivity contribution in [1.29, 1.82) is 0 Å². The zero-order chi connectivity index (χ0) is 13.4. The van der Waals surface area contributed by atoms with Gasteiger partial charge < -0.3 is 20.5 Å². The molecule has 1 heterocycles. The van der Waals surface area contributed by atoms with E-state index in [0.29, 0.717) is 18.8 Å². The Balaban J connectivity index is 2.32. The molecule has 0 radical (unpaired) electrons. The van der Waals surface area contributed by atoms with Crippen molar-refractivity contribution in [2.24, 2.45) is 0 Å². The molecule has 0 spiro atoms. The van der Waals surface area contributed by atoms with Gasteiger partial charge in [0.25, 0.3) is 5.91 Å². The molecule has 7 nitrogen and oxygen atoms in total. The van der Waals surface area contributed by atoms with E-state index in [1.165, 1.54) is 25.4 Å². The van der Waals surface area contributed by atoms with Gasteiger partial charge in [0.05, 0.1) is 18.5 Å². The SMILES string of the molecule is COCCNC(=O)COC(=O)c1ccc(N)cn1. The van der Waals surface area contributed by atoms with Gasteiger partial charge in [-0.2, -0.15) is 0 Å². The predicted molar refractivity (Wildman–Crippen MR) is 63.8 cm³/mol. The van der Waals surface area contributed by atoms with Crippen LogP contribution in [0.25, 0.3) is 0 Å². The molecule has 1 amide bonds. The van der Waals surface area contributed by atoms with Crippen LogP contribution in [0.15, 0.2) is 18.3 Å². The number of anilines is 1. The smallest absolute Gasteiger partial charge is 0.357 e. The summed E-state index contributed by atoms with van der Waals surface area (Å²) in [5.74, 6) is -1.06. The number of methoxy groups -OCH3 is 1. The van der Waals surface area contributed by atoms with Crippen LogP contribution >= 0.6 is 0 Å². The summed E-state index contributed by atoms with van der Waals surface area (Å²) in [5.41, 5.74) is 5.98. The van der Waals surface area contributed by atoms with Gasteiger partial charge in [-0.3, -0.25) is 4.79 Å². The van der Waals surface area contributed by atoms with E-state index in [0.717, 1.165) is 0 Å². The maximum Gasteiger partial charge on any atom is 0.357 e. The van der Waals surface area contributed by atoms with Crippen molar-refractivity contribution < 1.29 is 19.1 Å². The number of aromatic nitrogens is 1. The second-order valence-electron chi connectivity index (χ2n) is 3.40. The van der Waals surface area contributed by atoms with E-state index in [1.807, 2.05) is 0 Å². The van der Waals surface area contributed by atoms with Crippen LogP contribution in [-0.2, 0) is 14.3 Å². The monoisotopic (exact) mass is 253 g/mol. The first kappa shape index (κ1) is 13.9. The maximum atomic E-state index is 11.5. The predicted octanol–water partition coefficient (Wildman–Crippen LogP) is -0.417. The fourth-order valence-electron chi connectivity index (χ4n) is 1.07. The highest BCUT2D eigenvalue weighted by Gasteiger charge is 2.10. The van der Waals surface area contributed by atoms with Crippen LogP contribution in [0.2, 0.25) is 0 Å². The lowest BCUT2D eigenvalue weighted by Gasteiger charge is -2.05. The molecule has 0 aliphatic rings. The first-order valence-corrected chi connectivity index (χ1v) is 5.27. The average Bonchev–Trinajstić information content (AvgIpc) is 2.37. The van der Waals surface area contributed by atoms with Crippen molar-refractivity contribution in [3.63, 3.8) is 0 Å². The Hall–Kier alpha value is -2.15. The third kappa shape index (κ3) is 4.79. The molecule has 0 fully saturated rings. The number of pyridine rings is 1. The van der Waals surface area contributed by atoms with Crippen LogP contribution in [0.3, 0.4) is 0 Å². The fourth-order valence-corrected chi connectivity index (χ4v) is 1.07. The molecule has 0 unspecified atom stereocenters. The normalized spacial score (nSPS) is 9.83. The van der Waals surface area contributed by atoms with Crippen LogP contribution < -0.4 is 11.1 Å². The summed E-state index contributed by atoms with van der Waals surface area (Å²) < 4.78 is 9.52. The van der Waals surface area contributed by atoms with Crippen molar-refractivity contribution in [1.82, 2.24) is 10.3 Å². The van der Waals surface area contributed by atoms with Crippen molar-refractivity contribution in [2.45, 2.75) is 0 Å². The highest BCUT2D eigenvalue weighted by molar-refractivity contribution is 5.89. The van der Waals surface area contributed by atoms with E-state index < -0.39 is 11.9 Å². The van der Waals surface area contributed by atoms with Gasteiger partial charge in [-0.15, -0.1) is 0 Å². The number of nitrogens with zero attached hydrogens (tertiary/aromatic N) is 1. The van der Waals surface area contributed by atoms with Crippen LogP contribution in [0, 0.1) is 0 Å². The van der Waals surface area contributed by atoms with E-state index in [4.69, 9.17) is 15.2 Å². The standard InChI is InChI=1S/C11H15N3O4/c1-17-5-4-13-10(15)7-18-11(16)9-3-2-8(12)6-14-9/h2-3,6H,4-5,7,12H2,1H3,(H,13,15). The number of rotatable bonds is 6. The second kappa shape index (κ2) is 7.23. The number of esters is 1. The molecule has 1 aromatic heterocycles. The second-order valence-corrected chi connectivity index (χ2v) is 3.40. The van der Waals surface area contributed by atoms with Gasteiger partial charge in [0, 0.05) is 13.7 Å². The number of nitrogens with two attached hydrogens (primary N) is 1. The van der Waals surface area contributed by atoms with Crippen LogP contribution in [0.1, 0.15) is 10.5 Å². The number of ether oxygens (including phenoxy) is 2. The number of nitrogen functional groups attached to an aromatic ring is 1. The van der Waals surface area contributed by atoms with Crippen molar-refractivity contribution in [3.05, 3.63) is 24.0 Å². The molecule has 0 saturated heterocycles. The number of hydrogen-bond donors (Lipinski definition) is 2. The van der Waals surface area contributed by atoms with Gasteiger partial charge in [0.2, 0.25) is 0 Å². The Labute approximate surface area is 104 Å². The number of nitrogens with one attached hydrogen (secondary N) is 1. The summed E-state index contributed by atoms with van der Waals surface area (Å²) in [6.45, 7) is 0.417. The molecule has 1 aromatic rings. The van der Waals surface area contributed by atoms with Gasteiger partial charge in [-0.1, -0.05) is 0 Å². The quantitative estimate of drug-likeness (QED) is 0.527. The number of carbonyl (C=O) groups is 2. The van der Waals surface area contributed by atoms with Crippen LogP contribution in [0.5, 0.6) is 0 Å². The largest absolute Gasteiger partial charge is 0.451 e. The van der Waals surface area contributed by atoms with Crippen molar-refractivity contribution in [2.75, 3.05) is 32.6 Å². The first-order chi connectivity index (χ1) is 8.63. The molecular weight excluding hydrogens is 238 g/mol. The molecule has 7 heteroatoms. The molecule has 18 heavy (non-hydrogen) atoms. The Bertz CT molecular complexity index is 405. The lowest BCUT2D eigenvalue weighted by atomic mass is 10.3. The average molecular weight is 253 g/mol. The third-order valence-corrected chi connectivity index (χ3v) is 1.96. The number of carbonyl (C=O) groups excluding carboxylic acids is 2. The molecule has 3 N–H and O–H groups in total. The van der Waals surface area contributed by atoms with Gasteiger partial charge in [0.1, 0.15) is 5.69 Å². The fraction of sp³-hybridized carbons (Fsp3) is 0.364. The summed E-state index contributed by atoms with van der Waals surface area (Å²) in [6, 6.07) is 2.96. The van der Waals surface area contributed by atoms with Gasteiger partial charge >= 0.3 is 5.97 Å². The maximum absolute atomic E-state index is 11.5. The van der Waals surface area contributed by atoms with E-state index in [2.05, 4.69) is 10.3 Å². The first-order valence-electron chi connectivity index (χ1n) is 5.27. The van der Waals surface area contributed by atoms with Gasteiger partial charge in [-0.25, -0.2) is 9.78 Å². The highest BCUT2D eigenvalue weighted by Crippen LogP contribution is 2.02. The van der Waals surface area contributed by atoms with Gasteiger partial charge in [-0.05, 0) is 12.1 Å². The minimum absolute atomic E-state index is 0.105. The summed E-state index contributed by atoms with van der Waals surface area (Å²) >= 11 is 0. The summed E-state index contributed by atoms with van der Waals surface area (Å²) in [5, 5.41) is 2.52. The minimum atomic E-state index is -0.670. The molecule has 0 aliphatic carbocycles. The molecule has 98 valence electrons.